The second kappa shape index (κ2) is 4.06. The van der Waals surface area contributed by atoms with E-state index in [1.165, 1.54) is 6.07 Å². The van der Waals surface area contributed by atoms with Crippen LogP contribution in [-0.4, -0.2) is 14.8 Å². The molecule has 3 aromatic heterocycles. The quantitative estimate of drug-likeness (QED) is 0.681. The molecule has 3 aromatic rings. The summed E-state index contributed by atoms with van der Waals surface area (Å²) in [6.45, 7) is 0. The minimum Gasteiger partial charge on any atom is -0.266 e. The molecular weight excluding hydrogens is 275 g/mol. The van der Waals surface area contributed by atoms with Crippen LogP contribution in [0.3, 0.4) is 0 Å². The Kier molecular flexibility index (Phi) is 2.60. The first kappa shape index (κ1) is 12.2. The van der Waals surface area contributed by atoms with Crippen molar-refractivity contribution in [3.63, 3.8) is 0 Å². The van der Waals surface area contributed by atoms with Gasteiger partial charge in [-0.05, 0) is 18.2 Å². The van der Waals surface area contributed by atoms with Crippen molar-refractivity contribution in [1.29, 1.82) is 0 Å². The second-order valence-electron chi connectivity index (χ2n) is 4.06. The van der Waals surface area contributed by atoms with Gasteiger partial charge in [0, 0.05) is 23.7 Å². The molecule has 0 bridgehead atoms. The largest absolute Gasteiger partial charge is 0.425 e. The fourth-order valence-electron chi connectivity index (χ4n) is 1.81. The summed E-state index contributed by atoms with van der Waals surface area (Å²) in [7, 11) is 1.77. The van der Waals surface area contributed by atoms with Crippen LogP contribution in [0.25, 0.3) is 21.5 Å². The Balaban J connectivity index is 2.08. The summed E-state index contributed by atoms with van der Waals surface area (Å²) < 4.78 is 39.3. The molecule has 3 nitrogen and oxygen atoms in total. The number of hydrogen-bond donors (Lipinski definition) is 0. The Hall–Kier alpha value is -1.89. The molecule has 0 aliphatic carbocycles. The predicted molar refractivity (Wildman–Crippen MR) is 66.8 cm³/mol. The van der Waals surface area contributed by atoms with Crippen LogP contribution in [0.2, 0.25) is 0 Å². The lowest BCUT2D eigenvalue weighted by Gasteiger charge is -2.01. The monoisotopic (exact) mass is 283 g/mol. The van der Waals surface area contributed by atoms with Gasteiger partial charge >= 0.3 is 6.18 Å². The van der Waals surface area contributed by atoms with Crippen molar-refractivity contribution in [3.05, 3.63) is 35.5 Å². The molecule has 0 aromatic carbocycles. The first-order valence-electron chi connectivity index (χ1n) is 5.40. The van der Waals surface area contributed by atoms with Gasteiger partial charge in [-0.1, -0.05) is 0 Å². The molecule has 0 radical (unpaired) electrons. The third-order valence-electron chi connectivity index (χ3n) is 2.77. The molecule has 0 atom stereocenters. The zero-order chi connectivity index (χ0) is 13.6. The zero-order valence-corrected chi connectivity index (χ0v) is 10.6. The van der Waals surface area contributed by atoms with Crippen LogP contribution in [0.1, 0.15) is 4.88 Å². The number of nitrogens with zero attached hydrogens (tertiary/aromatic N) is 3. The minimum atomic E-state index is -4.30. The van der Waals surface area contributed by atoms with Crippen molar-refractivity contribution >= 4 is 22.4 Å². The Morgan fingerprint density at radius 1 is 1.21 bits per heavy atom. The van der Waals surface area contributed by atoms with E-state index >= 15 is 0 Å². The summed E-state index contributed by atoms with van der Waals surface area (Å²) >= 11 is 0.715. The number of pyridine rings is 1. The van der Waals surface area contributed by atoms with Gasteiger partial charge in [0.15, 0.2) is 0 Å². The van der Waals surface area contributed by atoms with E-state index in [0.717, 1.165) is 17.1 Å². The average Bonchev–Trinajstić information content (AvgIpc) is 2.96. The summed E-state index contributed by atoms with van der Waals surface area (Å²) in [5, 5.41) is 4.05. The molecule has 0 N–H and O–H groups in total. The third-order valence-corrected chi connectivity index (χ3v) is 3.95. The lowest BCUT2D eigenvalue weighted by Crippen LogP contribution is -2.00. The lowest BCUT2D eigenvalue weighted by atomic mass is 10.2. The highest BCUT2D eigenvalue weighted by Gasteiger charge is 2.32. The van der Waals surface area contributed by atoms with Gasteiger partial charge in [0.2, 0.25) is 0 Å². The molecule has 98 valence electrons. The van der Waals surface area contributed by atoms with Crippen LogP contribution in [0.15, 0.2) is 30.6 Å². The summed E-state index contributed by atoms with van der Waals surface area (Å²) in [5.74, 6) is 0. The maximum Gasteiger partial charge on any atom is 0.425 e. The van der Waals surface area contributed by atoms with Crippen LogP contribution in [-0.2, 0) is 13.2 Å². The molecule has 19 heavy (non-hydrogen) atoms. The molecule has 3 heterocycles. The highest BCUT2D eigenvalue weighted by molar-refractivity contribution is 7.15. The van der Waals surface area contributed by atoms with Gasteiger partial charge in [-0.15, -0.1) is 11.3 Å². The Bertz CT molecular complexity index is 742. The van der Waals surface area contributed by atoms with Crippen LogP contribution >= 0.6 is 11.3 Å². The van der Waals surface area contributed by atoms with Gasteiger partial charge < -0.3 is 0 Å². The third kappa shape index (κ3) is 2.10. The molecule has 0 fully saturated rings. The Morgan fingerprint density at radius 3 is 2.68 bits per heavy atom. The van der Waals surface area contributed by atoms with Gasteiger partial charge in [-0.2, -0.15) is 18.3 Å². The van der Waals surface area contributed by atoms with Gasteiger partial charge in [-0.25, -0.2) is 0 Å². The lowest BCUT2D eigenvalue weighted by molar-refractivity contribution is -0.134. The zero-order valence-electron chi connectivity index (χ0n) is 9.77. The van der Waals surface area contributed by atoms with Crippen molar-refractivity contribution in [2.24, 2.45) is 7.05 Å². The molecule has 0 saturated heterocycles. The van der Waals surface area contributed by atoms with E-state index in [1.54, 1.807) is 30.2 Å². The number of aryl methyl sites for hydroxylation is 1. The molecule has 0 unspecified atom stereocenters. The van der Waals surface area contributed by atoms with Crippen molar-refractivity contribution in [2.45, 2.75) is 6.18 Å². The van der Waals surface area contributed by atoms with Crippen LogP contribution < -0.4 is 0 Å². The van der Waals surface area contributed by atoms with Crippen molar-refractivity contribution in [3.8, 4) is 10.4 Å². The molecule has 0 spiro atoms. The first-order valence-corrected chi connectivity index (χ1v) is 6.22. The van der Waals surface area contributed by atoms with Gasteiger partial charge in [0.1, 0.15) is 10.4 Å². The van der Waals surface area contributed by atoms with Crippen molar-refractivity contribution in [2.75, 3.05) is 0 Å². The number of aromatic nitrogens is 3. The van der Waals surface area contributed by atoms with E-state index in [-0.39, 0.29) is 0 Å². The van der Waals surface area contributed by atoms with Gasteiger partial charge in [0.05, 0.1) is 11.7 Å². The molecule has 0 saturated carbocycles. The fraction of sp³-hybridized carbons (Fsp3) is 0.167. The number of rotatable bonds is 1. The first-order chi connectivity index (χ1) is 8.95. The smallest absolute Gasteiger partial charge is 0.266 e. The highest BCUT2D eigenvalue weighted by atomic mass is 32.1. The normalized spacial score (nSPS) is 12.2. The van der Waals surface area contributed by atoms with E-state index in [1.807, 2.05) is 0 Å². The average molecular weight is 283 g/mol. The molecule has 0 aliphatic heterocycles. The number of hydrogen-bond acceptors (Lipinski definition) is 3. The van der Waals surface area contributed by atoms with Crippen molar-refractivity contribution in [1.82, 2.24) is 14.8 Å². The summed E-state index contributed by atoms with van der Waals surface area (Å²) in [4.78, 5) is 4.13. The molecule has 0 amide bonds. The van der Waals surface area contributed by atoms with Gasteiger partial charge in [-0.3, -0.25) is 9.67 Å². The van der Waals surface area contributed by atoms with E-state index in [9.17, 15) is 13.2 Å². The maximum absolute atomic E-state index is 12.6. The Morgan fingerprint density at radius 2 is 2.00 bits per heavy atom. The summed E-state index contributed by atoms with van der Waals surface area (Å²) in [6.07, 6.45) is -1.11. The molecular formula is C12H8F3N3S. The van der Waals surface area contributed by atoms with E-state index in [2.05, 4.69) is 10.1 Å². The minimum absolute atomic E-state index is 0.544. The summed E-state index contributed by atoms with van der Waals surface area (Å²) in [6, 6.07) is 4.35. The second-order valence-corrected chi connectivity index (χ2v) is 5.14. The van der Waals surface area contributed by atoms with Crippen LogP contribution in [0.5, 0.6) is 0 Å². The number of thiophene rings is 1. The van der Waals surface area contributed by atoms with Crippen LogP contribution in [0, 0.1) is 0 Å². The topological polar surface area (TPSA) is 30.7 Å². The van der Waals surface area contributed by atoms with E-state index < -0.39 is 11.1 Å². The predicted octanol–water partition coefficient (Wildman–Crippen LogP) is 3.72. The Labute approximate surface area is 110 Å². The standard InChI is InChI=1S/C12H8F3N3S/c1-18-9-4-7(5-16-8(9)6-17-18)10-2-3-11(19-10)12(13,14)15/h2-6H,1H3. The number of halogens is 3. The summed E-state index contributed by atoms with van der Waals surface area (Å²) in [5.41, 5.74) is 2.18. The van der Waals surface area contributed by atoms with E-state index in [4.69, 9.17) is 0 Å². The van der Waals surface area contributed by atoms with E-state index in [0.29, 0.717) is 21.8 Å². The molecule has 3 rings (SSSR count). The number of alkyl halides is 3. The maximum atomic E-state index is 12.6. The highest BCUT2D eigenvalue weighted by Crippen LogP contribution is 2.38. The van der Waals surface area contributed by atoms with Gasteiger partial charge in [0.25, 0.3) is 0 Å². The van der Waals surface area contributed by atoms with Crippen LogP contribution in [0.4, 0.5) is 13.2 Å². The van der Waals surface area contributed by atoms with Crippen molar-refractivity contribution < 1.29 is 13.2 Å². The SMILES string of the molecule is Cn1ncc2ncc(-c3ccc(C(F)(F)F)s3)cc21. The number of fused-ring (bicyclic) bond motifs is 1. The molecule has 7 heteroatoms. The fourth-order valence-corrected chi connectivity index (χ4v) is 2.66. The molecule has 0 aliphatic rings.